The van der Waals surface area contributed by atoms with Gasteiger partial charge >= 0.3 is 0 Å². The van der Waals surface area contributed by atoms with Gasteiger partial charge in [0, 0.05) is 6.54 Å². The highest BCUT2D eigenvalue weighted by Gasteiger charge is 2.21. The lowest BCUT2D eigenvalue weighted by Gasteiger charge is -2.11. The smallest absolute Gasteiger partial charge is 0.237 e. The van der Waals surface area contributed by atoms with Gasteiger partial charge in [-0.25, -0.2) is 0 Å². The number of carbonyl (C=O) groups excluding carboxylic acids is 1. The molecule has 1 saturated heterocycles. The van der Waals surface area contributed by atoms with Crippen molar-refractivity contribution in [3.63, 3.8) is 0 Å². The number of rotatable bonds is 5. The van der Waals surface area contributed by atoms with E-state index < -0.39 is 0 Å². The lowest BCUT2D eigenvalue weighted by Crippen LogP contribution is -2.39. The van der Waals surface area contributed by atoms with Crippen LogP contribution in [0.5, 0.6) is 5.75 Å². The molecule has 2 N–H and O–H groups in total. The fourth-order valence-corrected chi connectivity index (χ4v) is 2.09. The molecule has 1 aliphatic rings. The van der Waals surface area contributed by atoms with Crippen LogP contribution in [0.4, 0.5) is 0 Å². The summed E-state index contributed by atoms with van der Waals surface area (Å²) >= 11 is 0. The summed E-state index contributed by atoms with van der Waals surface area (Å²) in [5.41, 5.74) is 1.09. The molecule has 0 spiro atoms. The largest absolute Gasteiger partial charge is 0.494 e. The maximum Gasteiger partial charge on any atom is 0.237 e. The molecule has 4 nitrogen and oxygen atoms in total. The molecule has 0 radical (unpaired) electrons. The van der Waals surface area contributed by atoms with E-state index in [1.165, 1.54) is 0 Å². The van der Waals surface area contributed by atoms with Crippen LogP contribution >= 0.6 is 0 Å². The molecule has 1 atom stereocenters. The van der Waals surface area contributed by atoms with Crippen LogP contribution in [0, 0.1) is 0 Å². The summed E-state index contributed by atoms with van der Waals surface area (Å²) in [6.07, 6.45) is 2.02. The van der Waals surface area contributed by atoms with Crippen LogP contribution < -0.4 is 15.4 Å². The van der Waals surface area contributed by atoms with Crippen molar-refractivity contribution in [2.45, 2.75) is 32.4 Å². The maximum absolute atomic E-state index is 11.8. The molecule has 0 aliphatic carbocycles. The number of hydrogen-bond acceptors (Lipinski definition) is 3. The minimum Gasteiger partial charge on any atom is -0.494 e. The molecular formula is C14H20N2O2. The lowest BCUT2D eigenvalue weighted by molar-refractivity contribution is -0.122. The van der Waals surface area contributed by atoms with E-state index in [0.29, 0.717) is 13.2 Å². The molecule has 0 aromatic heterocycles. The Labute approximate surface area is 108 Å². The van der Waals surface area contributed by atoms with Crippen LogP contribution in [0.2, 0.25) is 0 Å². The van der Waals surface area contributed by atoms with Gasteiger partial charge in [-0.05, 0) is 44.0 Å². The van der Waals surface area contributed by atoms with Gasteiger partial charge in [0.2, 0.25) is 5.91 Å². The highest BCUT2D eigenvalue weighted by atomic mass is 16.5. The van der Waals surface area contributed by atoms with Crippen molar-refractivity contribution in [1.29, 1.82) is 0 Å². The molecule has 0 saturated carbocycles. The number of hydrogen-bond donors (Lipinski definition) is 2. The minimum absolute atomic E-state index is 0.00676. The fraction of sp³-hybridized carbons (Fsp3) is 0.500. The van der Waals surface area contributed by atoms with Crippen molar-refractivity contribution in [3.8, 4) is 5.75 Å². The Morgan fingerprint density at radius 2 is 2.22 bits per heavy atom. The van der Waals surface area contributed by atoms with E-state index in [1.54, 1.807) is 0 Å². The second-order valence-corrected chi connectivity index (χ2v) is 4.44. The van der Waals surface area contributed by atoms with Gasteiger partial charge in [0.25, 0.3) is 0 Å². The third-order valence-electron chi connectivity index (χ3n) is 3.08. The SMILES string of the molecule is CCOc1ccc(CNC(=O)C2CCCN2)cc1. The zero-order valence-electron chi connectivity index (χ0n) is 10.7. The maximum atomic E-state index is 11.8. The van der Waals surface area contributed by atoms with Gasteiger partial charge in [-0.2, -0.15) is 0 Å². The third kappa shape index (κ3) is 3.47. The summed E-state index contributed by atoms with van der Waals surface area (Å²) in [6, 6.07) is 7.81. The van der Waals surface area contributed by atoms with Crippen LogP contribution in [-0.4, -0.2) is 25.1 Å². The monoisotopic (exact) mass is 248 g/mol. The number of benzene rings is 1. The van der Waals surface area contributed by atoms with Gasteiger partial charge in [0.1, 0.15) is 5.75 Å². The first-order chi connectivity index (χ1) is 8.79. The molecule has 1 unspecified atom stereocenters. The van der Waals surface area contributed by atoms with E-state index in [4.69, 9.17) is 4.74 Å². The molecule has 4 heteroatoms. The van der Waals surface area contributed by atoms with Crippen LogP contribution in [0.25, 0.3) is 0 Å². The lowest BCUT2D eigenvalue weighted by atomic mass is 10.2. The van der Waals surface area contributed by atoms with Crippen molar-refractivity contribution < 1.29 is 9.53 Å². The first-order valence-electron chi connectivity index (χ1n) is 6.52. The van der Waals surface area contributed by atoms with Crippen molar-refractivity contribution in [2.75, 3.05) is 13.2 Å². The Morgan fingerprint density at radius 3 is 2.83 bits per heavy atom. The summed E-state index contributed by atoms with van der Waals surface area (Å²) in [6.45, 7) is 4.15. The van der Waals surface area contributed by atoms with Crippen LogP contribution in [0.3, 0.4) is 0 Å². The summed E-state index contributed by atoms with van der Waals surface area (Å²) in [7, 11) is 0. The Balaban J connectivity index is 1.80. The Bertz CT molecular complexity index is 383. The molecule has 0 bridgehead atoms. The normalized spacial score (nSPS) is 18.6. The van der Waals surface area contributed by atoms with Crippen molar-refractivity contribution in [1.82, 2.24) is 10.6 Å². The van der Waals surface area contributed by atoms with E-state index in [2.05, 4.69) is 10.6 Å². The highest BCUT2D eigenvalue weighted by Crippen LogP contribution is 2.12. The predicted molar refractivity (Wildman–Crippen MR) is 70.5 cm³/mol. The Hall–Kier alpha value is -1.55. The highest BCUT2D eigenvalue weighted by molar-refractivity contribution is 5.81. The van der Waals surface area contributed by atoms with Crippen LogP contribution in [0.15, 0.2) is 24.3 Å². The molecule has 2 rings (SSSR count). The molecule has 98 valence electrons. The van der Waals surface area contributed by atoms with E-state index in [1.807, 2.05) is 31.2 Å². The van der Waals surface area contributed by atoms with Gasteiger partial charge in [-0.1, -0.05) is 12.1 Å². The average molecular weight is 248 g/mol. The fourth-order valence-electron chi connectivity index (χ4n) is 2.09. The Morgan fingerprint density at radius 1 is 1.44 bits per heavy atom. The van der Waals surface area contributed by atoms with Crippen LogP contribution in [0.1, 0.15) is 25.3 Å². The second kappa shape index (κ2) is 6.40. The molecule has 1 aliphatic heterocycles. The minimum atomic E-state index is -0.00676. The summed E-state index contributed by atoms with van der Waals surface area (Å²) in [5, 5.41) is 6.14. The van der Waals surface area contributed by atoms with Gasteiger partial charge in [-0.15, -0.1) is 0 Å². The molecule has 1 aromatic carbocycles. The summed E-state index contributed by atoms with van der Waals surface area (Å²) in [4.78, 5) is 11.8. The van der Waals surface area contributed by atoms with Gasteiger partial charge < -0.3 is 15.4 Å². The van der Waals surface area contributed by atoms with Gasteiger partial charge in [0.15, 0.2) is 0 Å². The predicted octanol–water partition coefficient (Wildman–Crippen LogP) is 1.45. The molecule has 1 heterocycles. The number of carbonyl (C=O) groups is 1. The van der Waals surface area contributed by atoms with Crippen molar-refractivity contribution >= 4 is 5.91 Å². The zero-order valence-corrected chi connectivity index (χ0v) is 10.7. The summed E-state index contributed by atoms with van der Waals surface area (Å²) in [5.74, 6) is 0.964. The van der Waals surface area contributed by atoms with E-state index >= 15 is 0 Å². The molecular weight excluding hydrogens is 228 g/mol. The standard InChI is InChI=1S/C14H20N2O2/c1-2-18-12-7-5-11(6-8-12)10-16-14(17)13-4-3-9-15-13/h5-8,13,15H,2-4,9-10H2,1H3,(H,16,17). The number of nitrogens with one attached hydrogen (secondary N) is 2. The van der Waals surface area contributed by atoms with E-state index in [9.17, 15) is 4.79 Å². The number of ether oxygens (including phenoxy) is 1. The average Bonchev–Trinajstić information content (AvgIpc) is 2.92. The van der Waals surface area contributed by atoms with E-state index in [-0.39, 0.29) is 11.9 Å². The second-order valence-electron chi connectivity index (χ2n) is 4.44. The topological polar surface area (TPSA) is 50.4 Å². The number of amides is 1. The van der Waals surface area contributed by atoms with E-state index in [0.717, 1.165) is 30.7 Å². The van der Waals surface area contributed by atoms with Gasteiger partial charge in [-0.3, -0.25) is 4.79 Å². The quantitative estimate of drug-likeness (QED) is 0.829. The van der Waals surface area contributed by atoms with Gasteiger partial charge in [0.05, 0.1) is 12.6 Å². The van der Waals surface area contributed by atoms with Crippen molar-refractivity contribution in [3.05, 3.63) is 29.8 Å². The first-order valence-corrected chi connectivity index (χ1v) is 6.52. The first kappa shape index (κ1) is 12.9. The third-order valence-corrected chi connectivity index (χ3v) is 3.08. The molecule has 18 heavy (non-hydrogen) atoms. The Kier molecular flexibility index (Phi) is 4.59. The van der Waals surface area contributed by atoms with Crippen molar-refractivity contribution in [2.24, 2.45) is 0 Å². The molecule has 1 fully saturated rings. The summed E-state index contributed by atoms with van der Waals surface area (Å²) < 4.78 is 5.37. The molecule has 1 amide bonds. The molecule has 1 aromatic rings. The van der Waals surface area contributed by atoms with Crippen LogP contribution in [-0.2, 0) is 11.3 Å². The zero-order chi connectivity index (χ0) is 12.8.